The number of carbonyl (C=O) groups is 1. The molecule has 0 fully saturated rings. The standard InChI is InChI=1S/C14H16N4O/c1-9-4-3-5-12(10(9)2)17-14(19)11-6-7-16-8-13(11)18-15/h3-8,18H,15H2,1-2H3,(H,17,19). The Bertz CT molecular complexity index is 610. The normalized spacial score (nSPS) is 10.1. The summed E-state index contributed by atoms with van der Waals surface area (Å²) in [7, 11) is 0. The molecule has 0 saturated carbocycles. The van der Waals surface area contributed by atoms with Crippen LogP contribution in [0.1, 0.15) is 21.5 Å². The topological polar surface area (TPSA) is 80.0 Å². The van der Waals surface area contributed by atoms with Crippen LogP contribution in [0.5, 0.6) is 0 Å². The molecule has 5 heteroatoms. The fraction of sp³-hybridized carbons (Fsp3) is 0.143. The number of nitrogens with zero attached hydrogens (tertiary/aromatic N) is 1. The molecule has 0 unspecified atom stereocenters. The molecule has 4 N–H and O–H groups in total. The van der Waals surface area contributed by atoms with E-state index < -0.39 is 0 Å². The zero-order valence-electron chi connectivity index (χ0n) is 10.9. The molecule has 0 spiro atoms. The molecule has 2 aromatic rings. The third-order valence-electron chi connectivity index (χ3n) is 3.07. The van der Waals surface area contributed by atoms with Crippen molar-refractivity contribution >= 4 is 17.3 Å². The summed E-state index contributed by atoms with van der Waals surface area (Å²) in [4.78, 5) is 16.1. The SMILES string of the molecule is Cc1cccc(NC(=O)c2ccncc2NN)c1C. The highest BCUT2D eigenvalue weighted by Gasteiger charge is 2.12. The second-order valence-corrected chi connectivity index (χ2v) is 4.27. The van der Waals surface area contributed by atoms with Crippen LogP contribution in [-0.2, 0) is 0 Å². The maximum absolute atomic E-state index is 12.2. The average molecular weight is 256 g/mol. The van der Waals surface area contributed by atoms with E-state index in [1.807, 2.05) is 32.0 Å². The van der Waals surface area contributed by atoms with Gasteiger partial charge < -0.3 is 10.7 Å². The van der Waals surface area contributed by atoms with E-state index in [4.69, 9.17) is 5.84 Å². The van der Waals surface area contributed by atoms with Crippen LogP contribution in [0.25, 0.3) is 0 Å². The second-order valence-electron chi connectivity index (χ2n) is 4.27. The predicted octanol–water partition coefficient (Wildman–Crippen LogP) is 2.24. The van der Waals surface area contributed by atoms with Gasteiger partial charge in [0.15, 0.2) is 0 Å². The third kappa shape index (κ3) is 2.71. The van der Waals surface area contributed by atoms with E-state index in [1.54, 1.807) is 12.3 Å². The number of anilines is 2. The van der Waals surface area contributed by atoms with E-state index in [0.717, 1.165) is 16.8 Å². The smallest absolute Gasteiger partial charge is 0.257 e. The molecule has 2 rings (SSSR count). The lowest BCUT2D eigenvalue weighted by atomic mass is 10.1. The van der Waals surface area contributed by atoms with Crippen LogP contribution in [0.4, 0.5) is 11.4 Å². The highest BCUT2D eigenvalue weighted by molar-refractivity contribution is 6.08. The summed E-state index contributed by atoms with van der Waals surface area (Å²) in [5, 5.41) is 2.88. The number of nitrogens with one attached hydrogen (secondary N) is 2. The van der Waals surface area contributed by atoms with Gasteiger partial charge in [0.2, 0.25) is 0 Å². The van der Waals surface area contributed by atoms with Gasteiger partial charge in [0.25, 0.3) is 5.91 Å². The lowest BCUT2D eigenvalue weighted by molar-refractivity contribution is 0.102. The van der Waals surface area contributed by atoms with Crippen LogP contribution in [0.2, 0.25) is 0 Å². The number of nitrogens with two attached hydrogens (primary N) is 1. The van der Waals surface area contributed by atoms with E-state index in [-0.39, 0.29) is 5.91 Å². The van der Waals surface area contributed by atoms with E-state index in [0.29, 0.717) is 11.3 Å². The molecule has 1 heterocycles. The number of aryl methyl sites for hydroxylation is 1. The molecule has 98 valence electrons. The maximum Gasteiger partial charge on any atom is 0.257 e. The molecule has 0 aliphatic rings. The van der Waals surface area contributed by atoms with Crippen LogP contribution in [0.15, 0.2) is 36.7 Å². The Labute approximate surface area is 111 Å². The van der Waals surface area contributed by atoms with Gasteiger partial charge in [-0.25, -0.2) is 0 Å². The van der Waals surface area contributed by atoms with Crippen molar-refractivity contribution in [1.82, 2.24) is 4.98 Å². The fourth-order valence-corrected chi connectivity index (χ4v) is 1.78. The number of benzene rings is 1. The summed E-state index contributed by atoms with van der Waals surface area (Å²) in [6.07, 6.45) is 3.07. The van der Waals surface area contributed by atoms with Crippen LogP contribution >= 0.6 is 0 Å². The number of aromatic nitrogens is 1. The van der Waals surface area contributed by atoms with Gasteiger partial charge >= 0.3 is 0 Å². The highest BCUT2D eigenvalue weighted by Crippen LogP contribution is 2.20. The molecular formula is C14H16N4O. The summed E-state index contributed by atoms with van der Waals surface area (Å²) in [6.45, 7) is 3.98. The number of rotatable bonds is 3. The summed E-state index contributed by atoms with van der Waals surface area (Å²) in [6, 6.07) is 7.41. The van der Waals surface area contributed by atoms with Gasteiger partial charge in [0.05, 0.1) is 17.4 Å². The number of hydrazine groups is 1. The Balaban J connectivity index is 2.28. The number of hydrogen-bond acceptors (Lipinski definition) is 4. The first-order chi connectivity index (χ1) is 9.13. The third-order valence-corrected chi connectivity index (χ3v) is 3.07. The molecule has 5 nitrogen and oxygen atoms in total. The molecular weight excluding hydrogens is 240 g/mol. The van der Waals surface area contributed by atoms with Crippen molar-refractivity contribution in [2.75, 3.05) is 10.7 Å². The molecule has 0 aliphatic carbocycles. The molecule has 0 atom stereocenters. The lowest BCUT2D eigenvalue weighted by Gasteiger charge is -2.12. The summed E-state index contributed by atoms with van der Waals surface area (Å²) in [5.41, 5.74) is 6.39. The molecule has 1 aromatic heterocycles. The number of hydrogen-bond donors (Lipinski definition) is 3. The van der Waals surface area contributed by atoms with Crippen molar-refractivity contribution in [3.05, 3.63) is 53.3 Å². The van der Waals surface area contributed by atoms with Gasteiger partial charge in [-0.3, -0.25) is 15.6 Å². The fourth-order valence-electron chi connectivity index (χ4n) is 1.78. The van der Waals surface area contributed by atoms with Crippen molar-refractivity contribution in [3.63, 3.8) is 0 Å². The van der Waals surface area contributed by atoms with Gasteiger partial charge in [-0.1, -0.05) is 12.1 Å². The summed E-state index contributed by atoms with van der Waals surface area (Å²) in [5.74, 6) is 5.15. The van der Waals surface area contributed by atoms with Crippen molar-refractivity contribution < 1.29 is 4.79 Å². The van der Waals surface area contributed by atoms with E-state index in [2.05, 4.69) is 15.7 Å². The lowest BCUT2D eigenvalue weighted by Crippen LogP contribution is -2.18. The highest BCUT2D eigenvalue weighted by atomic mass is 16.1. The predicted molar refractivity (Wildman–Crippen MR) is 75.9 cm³/mol. The first kappa shape index (κ1) is 13.0. The zero-order valence-corrected chi connectivity index (χ0v) is 10.9. The molecule has 0 aliphatic heterocycles. The van der Waals surface area contributed by atoms with Crippen LogP contribution in [0, 0.1) is 13.8 Å². The second kappa shape index (κ2) is 5.49. The van der Waals surface area contributed by atoms with E-state index >= 15 is 0 Å². The van der Waals surface area contributed by atoms with Crippen molar-refractivity contribution in [3.8, 4) is 0 Å². The molecule has 0 saturated heterocycles. The molecule has 0 bridgehead atoms. The Morgan fingerprint density at radius 1 is 1.21 bits per heavy atom. The van der Waals surface area contributed by atoms with Gasteiger partial charge in [0.1, 0.15) is 0 Å². The number of amides is 1. The minimum atomic E-state index is -0.218. The quantitative estimate of drug-likeness (QED) is 0.581. The Morgan fingerprint density at radius 2 is 2.00 bits per heavy atom. The van der Waals surface area contributed by atoms with Crippen molar-refractivity contribution in [1.29, 1.82) is 0 Å². The van der Waals surface area contributed by atoms with Gasteiger partial charge in [-0.15, -0.1) is 0 Å². The minimum absolute atomic E-state index is 0.218. The van der Waals surface area contributed by atoms with E-state index in [9.17, 15) is 4.79 Å². The van der Waals surface area contributed by atoms with Crippen molar-refractivity contribution in [2.24, 2.45) is 5.84 Å². The van der Waals surface area contributed by atoms with Gasteiger partial charge in [0, 0.05) is 11.9 Å². The average Bonchev–Trinajstić information content (AvgIpc) is 2.43. The Morgan fingerprint density at radius 3 is 2.74 bits per heavy atom. The van der Waals surface area contributed by atoms with Crippen molar-refractivity contribution in [2.45, 2.75) is 13.8 Å². The Kier molecular flexibility index (Phi) is 3.77. The maximum atomic E-state index is 12.2. The van der Waals surface area contributed by atoms with Crippen LogP contribution in [0.3, 0.4) is 0 Å². The van der Waals surface area contributed by atoms with Crippen LogP contribution in [-0.4, -0.2) is 10.9 Å². The zero-order chi connectivity index (χ0) is 13.8. The molecule has 0 radical (unpaired) electrons. The molecule has 1 aromatic carbocycles. The molecule has 19 heavy (non-hydrogen) atoms. The van der Waals surface area contributed by atoms with Crippen LogP contribution < -0.4 is 16.6 Å². The number of nitrogen functional groups attached to an aromatic ring is 1. The number of carbonyl (C=O) groups excluding carboxylic acids is 1. The van der Waals surface area contributed by atoms with Gasteiger partial charge in [-0.2, -0.15) is 0 Å². The molecule has 1 amide bonds. The summed E-state index contributed by atoms with van der Waals surface area (Å²) < 4.78 is 0. The Hall–Kier alpha value is -2.40. The monoisotopic (exact) mass is 256 g/mol. The summed E-state index contributed by atoms with van der Waals surface area (Å²) >= 11 is 0. The number of pyridine rings is 1. The first-order valence-corrected chi connectivity index (χ1v) is 5.91. The van der Waals surface area contributed by atoms with Gasteiger partial charge in [-0.05, 0) is 37.1 Å². The minimum Gasteiger partial charge on any atom is -0.322 e. The van der Waals surface area contributed by atoms with E-state index in [1.165, 1.54) is 6.20 Å². The first-order valence-electron chi connectivity index (χ1n) is 5.91. The largest absolute Gasteiger partial charge is 0.322 e.